The molecule has 1 heterocycles. The number of nitrogens with zero attached hydrogens (tertiary/aromatic N) is 2. The topological polar surface area (TPSA) is 50.3 Å². The lowest BCUT2D eigenvalue weighted by Crippen LogP contribution is -2.20. The monoisotopic (exact) mass is 408 g/mol. The molecule has 0 fully saturated rings. The Morgan fingerprint density at radius 3 is 2.39 bits per heavy atom. The Morgan fingerprint density at radius 2 is 1.68 bits per heavy atom. The van der Waals surface area contributed by atoms with Crippen LogP contribution in [0.25, 0.3) is 20.8 Å². The Labute approximate surface area is 170 Å². The van der Waals surface area contributed by atoms with Crippen LogP contribution in [0.1, 0.15) is 16.7 Å². The molecule has 0 aliphatic rings. The Kier molecular flexibility index (Phi) is 5.15. The van der Waals surface area contributed by atoms with E-state index in [9.17, 15) is 8.42 Å². The summed E-state index contributed by atoms with van der Waals surface area (Å²) in [5.74, 6) is 0. The number of aryl methyl sites for hydroxylation is 2. The van der Waals surface area contributed by atoms with Gasteiger partial charge < -0.3 is 0 Å². The molecular weight excluding hydrogens is 388 g/mol. The van der Waals surface area contributed by atoms with Crippen LogP contribution < -0.4 is 4.31 Å². The van der Waals surface area contributed by atoms with Crippen LogP contribution >= 0.6 is 11.3 Å². The zero-order chi connectivity index (χ0) is 19.7. The quantitative estimate of drug-likeness (QED) is 0.467. The summed E-state index contributed by atoms with van der Waals surface area (Å²) >= 11 is 1.65. The first-order chi connectivity index (χ1) is 13.5. The Hall–Kier alpha value is -2.70. The van der Waals surface area contributed by atoms with Crippen molar-refractivity contribution in [3.63, 3.8) is 0 Å². The molecule has 0 saturated carbocycles. The number of aromatic nitrogens is 1. The van der Waals surface area contributed by atoms with E-state index in [-0.39, 0.29) is 0 Å². The van der Waals surface area contributed by atoms with E-state index in [4.69, 9.17) is 4.98 Å². The highest BCUT2D eigenvalue weighted by Gasteiger charge is 2.12. The molecule has 0 saturated heterocycles. The van der Waals surface area contributed by atoms with Gasteiger partial charge in [-0.05, 0) is 61.4 Å². The first-order valence-electron chi connectivity index (χ1n) is 8.94. The average molecular weight is 409 g/mol. The highest BCUT2D eigenvalue weighted by atomic mass is 32.2. The van der Waals surface area contributed by atoms with E-state index in [1.807, 2.05) is 61.5 Å². The first kappa shape index (κ1) is 18.7. The molecular formula is C22H20N2O2S2. The predicted octanol–water partition coefficient (Wildman–Crippen LogP) is 5.11. The summed E-state index contributed by atoms with van der Waals surface area (Å²) in [7, 11) is -2.74. The van der Waals surface area contributed by atoms with Crippen molar-refractivity contribution in [2.24, 2.45) is 0 Å². The molecule has 6 heteroatoms. The first-order valence-corrected chi connectivity index (χ1v) is 10.9. The molecule has 28 heavy (non-hydrogen) atoms. The minimum absolute atomic E-state index is 0.320. The van der Waals surface area contributed by atoms with Crippen LogP contribution in [0.15, 0.2) is 66.7 Å². The van der Waals surface area contributed by atoms with Gasteiger partial charge >= 0.3 is 0 Å². The third-order valence-corrected chi connectivity index (χ3v) is 6.40. The maximum atomic E-state index is 11.8. The van der Waals surface area contributed by atoms with Gasteiger partial charge in [-0.15, -0.1) is 11.3 Å². The third-order valence-electron chi connectivity index (χ3n) is 4.57. The Bertz CT molecular complexity index is 1200. The van der Waals surface area contributed by atoms with Gasteiger partial charge in [0.25, 0.3) is 0 Å². The normalized spacial score (nSPS) is 11.2. The van der Waals surface area contributed by atoms with Crippen molar-refractivity contribution in [1.29, 1.82) is 0 Å². The van der Waals surface area contributed by atoms with Gasteiger partial charge in [-0.25, -0.2) is 13.4 Å². The van der Waals surface area contributed by atoms with Crippen molar-refractivity contribution in [2.45, 2.75) is 20.4 Å². The van der Waals surface area contributed by atoms with Crippen LogP contribution in [0.2, 0.25) is 0 Å². The van der Waals surface area contributed by atoms with Crippen molar-refractivity contribution >= 4 is 38.1 Å². The number of hydrogen-bond acceptors (Lipinski definition) is 4. The smallest absolute Gasteiger partial charge is 0.225 e. The second kappa shape index (κ2) is 7.73. The Morgan fingerprint density at radius 1 is 0.929 bits per heavy atom. The second-order valence-electron chi connectivity index (χ2n) is 6.82. The summed E-state index contributed by atoms with van der Waals surface area (Å²) in [6.45, 7) is 4.39. The summed E-state index contributed by atoms with van der Waals surface area (Å²) < 4.78 is 26.2. The summed E-state index contributed by atoms with van der Waals surface area (Å²) in [6.07, 6.45) is 0. The molecule has 0 aliphatic carbocycles. The van der Waals surface area contributed by atoms with Crippen LogP contribution in [0, 0.1) is 13.8 Å². The van der Waals surface area contributed by atoms with Crippen LogP contribution in [-0.4, -0.2) is 13.4 Å². The predicted molar refractivity (Wildman–Crippen MR) is 117 cm³/mol. The van der Waals surface area contributed by atoms with Crippen molar-refractivity contribution < 1.29 is 8.42 Å². The number of thiol groups is 1. The highest BCUT2D eigenvalue weighted by molar-refractivity contribution is 7.74. The van der Waals surface area contributed by atoms with E-state index >= 15 is 0 Å². The average Bonchev–Trinajstić information content (AvgIpc) is 3.09. The van der Waals surface area contributed by atoms with Gasteiger partial charge in [0.1, 0.15) is 5.01 Å². The molecule has 4 nitrogen and oxygen atoms in total. The molecule has 0 atom stereocenters. The van der Waals surface area contributed by atoms with Crippen molar-refractivity contribution in [3.05, 3.63) is 83.4 Å². The molecule has 4 rings (SSSR count). The third kappa shape index (κ3) is 3.93. The molecule has 4 aromatic rings. The number of fused-ring (bicyclic) bond motifs is 1. The largest absolute Gasteiger partial charge is 0.268 e. The maximum Gasteiger partial charge on any atom is 0.225 e. The second-order valence-corrected chi connectivity index (χ2v) is 8.81. The molecule has 0 spiro atoms. The summed E-state index contributed by atoms with van der Waals surface area (Å²) in [4.78, 5) is 4.70. The number of thiazole rings is 1. The van der Waals surface area contributed by atoms with E-state index in [1.54, 1.807) is 11.3 Å². The number of rotatable bonds is 5. The number of benzene rings is 3. The highest BCUT2D eigenvalue weighted by Crippen LogP contribution is 2.32. The van der Waals surface area contributed by atoms with Gasteiger partial charge in [0, 0.05) is 5.56 Å². The van der Waals surface area contributed by atoms with E-state index in [1.165, 1.54) is 9.87 Å². The van der Waals surface area contributed by atoms with Crippen LogP contribution in [0.5, 0.6) is 0 Å². The van der Waals surface area contributed by atoms with Crippen LogP contribution in [0.3, 0.4) is 0 Å². The lowest BCUT2D eigenvalue weighted by Gasteiger charge is -2.18. The molecule has 142 valence electrons. The van der Waals surface area contributed by atoms with E-state index in [0.717, 1.165) is 31.9 Å². The van der Waals surface area contributed by atoms with Gasteiger partial charge in [0.05, 0.1) is 22.4 Å². The van der Waals surface area contributed by atoms with Crippen molar-refractivity contribution in [3.8, 4) is 10.6 Å². The molecule has 0 aliphatic heterocycles. The Balaban J connectivity index is 1.62. The van der Waals surface area contributed by atoms with Gasteiger partial charge in [0.2, 0.25) is 10.9 Å². The molecule has 0 unspecified atom stereocenters. The van der Waals surface area contributed by atoms with Crippen molar-refractivity contribution in [1.82, 2.24) is 4.98 Å². The molecule has 1 aromatic heterocycles. The molecule has 0 amide bonds. The summed E-state index contributed by atoms with van der Waals surface area (Å²) in [6, 6.07) is 21.7. The van der Waals surface area contributed by atoms with E-state index < -0.39 is 10.9 Å². The minimum Gasteiger partial charge on any atom is -0.268 e. The van der Waals surface area contributed by atoms with Gasteiger partial charge in [-0.2, -0.15) is 0 Å². The lowest BCUT2D eigenvalue weighted by atomic mass is 10.1. The SMILES string of the molecule is Cc1cccc(CN(c2ccc(-c3nc4ccc(C)cc4s3)cc2)[SH](=O)=O)c1. The van der Waals surface area contributed by atoms with E-state index in [0.29, 0.717) is 12.2 Å². The zero-order valence-electron chi connectivity index (χ0n) is 15.6. The fourth-order valence-electron chi connectivity index (χ4n) is 3.16. The minimum atomic E-state index is -2.74. The van der Waals surface area contributed by atoms with Gasteiger partial charge in [0.15, 0.2) is 0 Å². The standard InChI is InChI=1S/C22H20N2O2S2/c1-15-4-3-5-17(12-15)14-24(28(25)26)19-9-7-18(8-10-19)22-23-20-11-6-16(2)13-21(20)27-22/h3-13,28H,14H2,1-2H3. The van der Waals surface area contributed by atoms with Gasteiger partial charge in [-0.3, -0.25) is 4.31 Å². The van der Waals surface area contributed by atoms with Gasteiger partial charge in [-0.1, -0.05) is 35.9 Å². The van der Waals surface area contributed by atoms with Crippen molar-refractivity contribution in [2.75, 3.05) is 4.31 Å². The summed E-state index contributed by atoms with van der Waals surface area (Å²) in [5.41, 5.74) is 5.91. The fraction of sp³-hybridized carbons (Fsp3) is 0.136. The molecule has 0 radical (unpaired) electrons. The maximum absolute atomic E-state index is 11.8. The summed E-state index contributed by atoms with van der Waals surface area (Å²) in [5, 5.41) is 0.934. The molecule has 3 aromatic carbocycles. The van der Waals surface area contributed by atoms with Crippen LogP contribution in [-0.2, 0) is 17.4 Å². The molecule has 0 bridgehead atoms. The number of anilines is 1. The fourth-order valence-corrected chi connectivity index (χ4v) is 4.83. The lowest BCUT2D eigenvalue weighted by molar-refractivity contribution is 0.609. The number of hydrogen-bond donors (Lipinski definition) is 1. The molecule has 0 N–H and O–H groups in total. The van der Waals surface area contributed by atoms with E-state index in [2.05, 4.69) is 19.1 Å². The zero-order valence-corrected chi connectivity index (χ0v) is 17.3. The van der Waals surface area contributed by atoms with Crippen LogP contribution in [0.4, 0.5) is 5.69 Å².